The van der Waals surface area contributed by atoms with E-state index >= 15 is 4.39 Å². The van der Waals surface area contributed by atoms with E-state index in [4.69, 9.17) is 4.74 Å². The average molecular weight is 752 g/mol. The molecule has 1 saturated carbocycles. The van der Waals surface area contributed by atoms with Gasteiger partial charge >= 0.3 is 0 Å². The molecule has 1 aromatic carbocycles. The Morgan fingerprint density at radius 1 is 1.07 bits per heavy atom. The van der Waals surface area contributed by atoms with E-state index in [-0.39, 0.29) is 41.9 Å². The number of nitrogens with one attached hydrogen (secondary N) is 1. The van der Waals surface area contributed by atoms with Crippen LogP contribution in [0.5, 0.6) is 0 Å². The minimum atomic E-state index is -1.02. The van der Waals surface area contributed by atoms with Crippen LogP contribution in [-0.4, -0.2) is 85.8 Å². The predicted octanol–water partition coefficient (Wildman–Crippen LogP) is 5.97. The Kier molecular flexibility index (Phi) is 9.46. The van der Waals surface area contributed by atoms with Crippen LogP contribution in [0.25, 0.3) is 5.57 Å². The molecular formula is C41H46FN7O4S. The second-order valence-corrected chi connectivity index (χ2v) is 16.4. The highest BCUT2D eigenvalue weighted by molar-refractivity contribution is 7.13. The largest absolute Gasteiger partial charge is 0.494 e. The molecule has 4 aliphatic heterocycles. The second kappa shape index (κ2) is 14.6. The monoisotopic (exact) mass is 751 g/mol. The fraction of sp³-hybridized carbons (Fsp3) is 0.488. The van der Waals surface area contributed by atoms with Gasteiger partial charge in [-0.1, -0.05) is 18.2 Å². The number of halogens is 1. The zero-order valence-electron chi connectivity index (χ0n) is 30.6. The fourth-order valence-electron chi connectivity index (χ4n) is 9.16. The summed E-state index contributed by atoms with van der Waals surface area (Å²) in [5.41, 5.74) is 3.74. The first-order valence-electron chi connectivity index (χ1n) is 19.4. The van der Waals surface area contributed by atoms with Crippen molar-refractivity contribution >= 4 is 39.8 Å². The van der Waals surface area contributed by atoms with Crippen molar-refractivity contribution in [1.82, 2.24) is 29.2 Å². The van der Waals surface area contributed by atoms with Crippen molar-refractivity contribution in [3.05, 3.63) is 94.0 Å². The number of carbonyl (C=O) groups excluding carboxylic acids is 3. The van der Waals surface area contributed by atoms with Crippen molar-refractivity contribution in [2.24, 2.45) is 17.8 Å². The highest BCUT2D eigenvalue weighted by Gasteiger charge is 2.47. The van der Waals surface area contributed by atoms with Crippen LogP contribution in [0.3, 0.4) is 0 Å². The molecule has 1 N–H and O–H groups in total. The molecular weight excluding hydrogens is 706 g/mol. The number of piperidine rings is 2. The molecule has 9 rings (SSSR count). The van der Waals surface area contributed by atoms with Gasteiger partial charge < -0.3 is 19.1 Å². The number of rotatable bonds is 10. The third-order valence-electron chi connectivity index (χ3n) is 12.2. The van der Waals surface area contributed by atoms with E-state index in [1.54, 1.807) is 24.0 Å². The number of nitrogens with zero attached hydrogens (tertiary/aromatic N) is 6. The first kappa shape index (κ1) is 35.1. The van der Waals surface area contributed by atoms with Crippen LogP contribution in [0.15, 0.2) is 60.1 Å². The van der Waals surface area contributed by atoms with Crippen molar-refractivity contribution in [1.29, 1.82) is 0 Å². The van der Waals surface area contributed by atoms with E-state index < -0.39 is 17.8 Å². The van der Waals surface area contributed by atoms with Gasteiger partial charge in [0.15, 0.2) is 11.2 Å². The van der Waals surface area contributed by atoms with Crippen molar-refractivity contribution < 1.29 is 23.5 Å². The van der Waals surface area contributed by atoms with Gasteiger partial charge in [-0.05, 0) is 93.3 Å². The van der Waals surface area contributed by atoms with Crippen LogP contribution in [0.1, 0.15) is 84.4 Å². The summed E-state index contributed by atoms with van der Waals surface area (Å²) in [6.07, 6.45) is 18.3. The van der Waals surface area contributed by atoms with E-state index in [0.717, 1.165) is 81.6 Å². The summed E-state index contributed by atoms with van der Waals surface area (Å²) in [6.45, 7) is 6.71. The number of anilines is 1. The maximum atomic E-state index is 16.0. The molecule has 13 heteroatoms. The van der Waals surface area contributed by atoms with Gasteiger partial charge in [-0.15, -0.1) is 11.3 Å². The number of aryl methyl sites for hydroxylation is 1. The minimum absolute atomic E-state index is 0.0223. The lowest BCUT2D eigenvalue weighted by Gasteiger charge is -2.36. The number of carbonyl (C=O) groups is 3. The summed E-state index contributed by atoms with van der Waals surface area (Å²) in [5, 5.41) is 5.06. The Bertz CT molecular complexity index is 2040. The number of amides is 3. The number of allylic oxidation sites excluding steroid dienone is 6. The summed E-state index contributed by atoms with van der Waals surface area (Å²) < 4.78 is 24.5. The first-order chi connectivity index (χ1) is 26.3. The van der Waals surface area contributed by atoms with Crippen LogP contribution in [0.2, 0.25) is 0 Å². The summed E-state index contributed by atoms with van der Waals surface area (Å²) in [4.78, 5) is 55.6. The Labute approximate surface area is 318 Å². The lowest BCUT2D eigenvalue weighted by atomic mass is 9.93. The summed E-state index contributed by atoms with van der Waals surface area (Å²) in [7, 11) is 0. The number of imidazole rings is 1. The lowest BCUT2D eigenvalue weighted by Crippen LogP contribution is -2.47. The molecule has 0 radical (unpaired) electrons. The van der Waals surface area contributed by atoms with Gasteiger partial charge in [0.05, 0.1) is 25.1 Å². The topological polar surface area (TPSA) is 113 Å². The summed E-state index contributed by atoms with van der Waals surface area (Å²) in [6, 6.07) is 2.31. The van der Waals surface area contributed by atoms with Crippen LogP contribution < -0.4 is 5.32 Å². The van der Waals surface area contributed by atoms with Gasteiger partial charge in [-0.2, -0.15) is 0 Å². The quantitative estimate of drug-likeness (QED) is 0.254. The molecule has 2 aliphatic carbocycles. The number of likely N-dealkylation sites (tertiary alicyclic amines) is 2. The van der Waals surface area contributed by atoms with Gasteiger partial charge in [0.2, 0.25) is 5.91 Å². The van der Waals surface area contributed by atoms with E-state index in [2.05, 4.69) is 39.3 Å². The SMILES string of the molecule is C/C=C/C1CCN(CC(=O)N2CCC(OC3=CC=C(c4cc(F)c5c(c4)C(=O)N(C(C(=O)Nc4nccs4)c4ncn6c4CCC6)C5)C4CC34)CC2)CC1. The molecule has 2 aromatic heterocycles. The molecule has 2 saturated heterocycles. The summed E-state index contributed by atoms with van der Waals surface area (Å²) in [5.74, 6) is 0.980. The summed E-state index contributed by atoms with van der Waals surface area (Å²) >= 11 is 1.29. The van der Waals surface area contributed by atoms with Gasteiger partial charge in [-0.25, -0.2) is 14.4 Å². The molecule has 11 nitrogen and oxygen atoms in total. The molecule has 6 heterocycles. The molecule has 3 unspecified atom stereocenters. The van der Waals surface area contributed by atoms with Gasteiger partial charge in [0.25, 0.3) is 11.8 Å². The molecule has 6 aliphatic rings. The van der Waals surface area contributed by atoms with Crippen LogP contribution in [0, 0.1) is 23.6 Å². The zero-order chi connectivity index (χ0) is 36.9. The molecule has 3 fully saturated rings. The number of fused-ring (bicyclic) bond motifs is 3. The maximum absolute atomic E-state index is 16.0. The highest BCUT2D eigenvalue weighted by atomic mass is 32.1. The third-order valence-corrected chi connectivity index (χ3v) is 12.8. The molecule has 3 aromatic rings. The Hall–Kier alpha value is -4.62. The first-order valence-corrected chi connectivity index (χ1v) is 20.3. The second-order valence-electron chi connectivity index (χ2n) is 15.5. The standard InChI is InChI=1S/C41H46FN7O4S/c1-2-4-25-8-14-46(15-9-25)23-36(50)47-16-10-27(11-17-47)53-35-7-6-28(29-21-30(29)35)26-19-31-32(33(42)20-26)22-49(40(31)52)38(39(51)45-41-43-12-18-54-41)37-34-5-3-13-48(34)24-44-37/h2,4,6-7,12,18-20,24-25,27,29-30,38H,3,5,8-11,13-17,21-23H2,1H3,(H,43,45,51)/b4-2+. The van der Waals surface area contributed by atoms with Gasteiger partial charge in [0, 0.05) is 66.8 Å². The Morgan fingerprint density at radius 2 is 1.91 bits per heavy atom. The van der Waals surface area contributed by atoms with E-state index in [1.807, 2.05) is 21.6 Å². The van der Waals surface area contributed by atoms with E-state index in [9.17, 15) is 14.4 Å². The number of ether oxygens (including phenoxy) is 1. The number of benzene rings is 1. The maximum Gasteiger partial charge on any atom is 0.255 e. The molecule has 3 amide bonds. The highest BCUT2D eigenvalue weighted by Crippen LogP contribution is 2.55. The van der Waals surface area contributed by atoms with Crippen LogP contribution in [0.4, 0.5) is 9.52 Å². The van der Waals surface area contributed by atoms with E-state index in [0.29, 0.717) is 47.5 Å². The van der Waals surface area contributed by atoms with Crippen molar-refractivity contribution in [3.63, 3.8) is 0 Å². The molecule has 0 spiro atoms. The van der Waals surface area contributed by atoms with Crippen molar-refractivity contribution in [2.75, 3.05) is 38.0 Å². The van der Waals surface area contributed by atoms with Crippen molar-refractivity contribution in [3.8, 4) is 0 Å². The van der Waals surface area contributed by atoms with Gasteiger partial charge in [-0.3, -0.25) is 24.6 Å². The Balaban J connectivity index is 0.858. The van der Waals surface area contributed by atoms with Crippen LogP contribution >= 0.6 is 11.3 Å². The lowest BCUT2D eigenvalue weighted by molar-refractivity contribution is -0.135. The molecule has 282 valence electrons. The smallest absolute Gasteiger partial charge is 0.255 e. The number of thiazole rings is 1. The molecule has 3 atom stereocenters. The Morgan fingerprint density at radius 3 is 2.69 bits per heavy atom. The third kappa shape index (κ3) is 6.70. The zero-order valence-corrected chi connectivity index (χ0v) is 31.4. The normalized spacial score (nSPS) is 23.6. The number of hydrogen-bond donors (Lipinski definition) is 1. The molecule has 54 heavy (non-hydrogen) atoms. The number of hydrogen-bond acceptors (Lipinski definition) is 8. The fourth-order valence-corrected chi connectivity index (χ4v) is 9.69. The van der Waals surface area contributed by atoms with E-state index in [1.165, 1.54) is 22.3 Å². The van der Waals surface area contributed by atoms with Crippen LogP contribution in [-0.2, 0) is 33.8 Å². The van der Waals surface area contributed by atoms with Gasteiger partial charge in [0.1, 0.15) is 17.7 Å². The molecule has 0 bridgehead atoms. The number of aromatic nitrogens is 3. The predicted molar refractivity (Wildman–Crippen MR) is 203 cm³/mol. The average Bonchev–Trinajstić information content (AvgIpc) is 3.51. The minimum Gasteiger partial charge on any atom is -0.494 e. The van der Waals surface area contributed by atoms with Crippen molar-refractivity contribution in [2.45, 2.75) is 77.1 Å².